The number of methoxy groups -OCH3 is 1. The van der Waals surface area contributed by atoms with Crippen molar-refractivity contribution >= 4 is 6.03 Å². The van der Waals surface area contributed by atoms with Gasteiger partial charge in [-0.15, -0.1) is 0 Å². The summed E-state index contributed by atoms with van der Waals surface area (Å²) in [5.74, 6) is 0. The first-order valence-electron chi connectivity index (χ1n) is 8.03. The number of amides is 2. The summed E-state index contributed by atoms with van der Waals surface area (Å²) >= 11 is 0. The summed E-state index contributed by atoms with van der Waals surface area (Å²) in [5, 5.41) is 15.0. The van der Waals surface area contributed by atoms with Gasteiger partial charge in [0.25, 0.3) is 0 Å². The maximum Gasteiger partial charge on any atom is 0.315 e. The lowest BCUT2D eigenvalue weighted by Crippen LogP contribution is -2.65. The number of urea groups is 1. The SMILES string of the molecule is CCC1(CC)C(NC(=O)NCC(C)(C)CCO)CC1OC. The molecule has 5 heteroatoms. The van der Waals surface area contributed by atoms with Gasteiger partial charge in [-0.1, -0.05) is 27.7 Å². The van der Waals surface area contributed by atoms with Crippen molar-refractivity contribution in [1.82, 2.24) is 10.6 Å². The predicted octanol–water partition coefficient (Wildman–Crippen LogP) is 2.29. The number of carbonyl (C=O) groups is 1. The van der Waals surface area contributed by atoms with E-state index in [0.29, 0.717) is 13.0 Å². The molecule has 0 bridgehead atoms. The van der Waals surface area contributed by atoms with Crippen LogP contribution in [-0.4, -0.2) is 43.5 Å². The molecule has 1 rings (SSSR count). The zero-order valence-corrected chi connectivity index (χ0v) is 14.2. The molecule has 3 N–H and O–H groups in total. The Balaban J connectivity index is 2.48. The molecule has 0 spiro atoms. The number of hydrogen-bond donors (Lipinski definition) is 3. The van der Waals surface area contributed by atoms with Crippen molar-refractivity contribution in [1.29, 1.82) is 0 Å². The normalized spacial score (nSPS) is 24.3. The third-order valence-electron chi connectivity index (χ3n) is 5.21. The van der Waals surface area contributed by atoms with Gasteiger partial charge in [0.1, 0.15) is 0 Å². The molecule has 0 aliphatic heterocycles. The summed E-state index contributed by atoms with van der Waals surface area (Å²) in [6, 6.07) is 0.0604. The van der Waals surface area contributed by atoms with E-state index in [0.717, 1.165) is 19.3 Å². The fourth-order valence-corrected chi connectivity index (χ4v) is 3.40. The van der Waals surface area contributed by atoms with Gasteiger partial charge in [-0.25, -0.2) is 4.79 Å². The lowest BCUT2D eigenvalue weighted by Gasteiger charge is -2.55. The van der Waals surface area contributed by atoms with Crippen molar-refractivity contribution in [3.63, 3.8) is 0 Å². The van der Waals surface area contributed by atoms with Gasteiger partial charge in [0.2, 0.25) is 0 Å². The van der Waals surface area contributed by atoms with Crippen LogP contribution in [0.5, 0.6) is 0 Å². The molecule has 2 amide bonds. The lowest BCUT2D eigenvalue weighted by atomic mass is 9.58. The Labute approximate surface area is 128 Å². The first-order valence-corrected chi connectivity index (χ1v) is 8.03. The fourth-order valence-electron chi connectivity index (χ4n) is 3.40. The van der Waals surface area contributed by atoms with Crippen molar-refractivity contribution in [3.8, 4) is 0 Å². The number of hydrogen-bond acceptors (Lipinski definition) is 3. The second kappa shape index (κ2) is 7.45. The van der Waals surface area contributed by atoms with Gasteiger partial charge in [0.05, 0.1) is 6.10 Å². The number of carbonyl (C=O) groups excluding carboxylic acids is 1. The Hall–Kier alpha value is -0.810. The Morgan fingerprint density at radius 1 is 1.38 bits per heavy atom. The van der Waals surface area contributed by atoms with Crippen LogP contribution in [-0.2, 0) is 4.74 Å². The van der Waals surface area contributed by atoms with Crippen LogP contribution in [0.1, 0.15) is 53.4 Å². The largest absolute Gasteiger partial charge is 0.396 e. The highest BCUT2D eigenvalue weighted by molar-refractivity contribution is 5.74. The van der Waals surface area contributed by atoms with E-state index in [2.05, 4.69) is 24.5 Å². The van der Waals surface area contributed by atoms with E-state index in [-0.39, 0.29) is 35.6 Å². The molecule has 1 saturated carbocycles. The van der Waals surface area contributed by atoms with E-state index in [9.17, 15) is 4.79 Å². The van der Waals surface area contributed by atoms with Gasteiger partial charge in [-0.2, -0.15) is 0 Å². The fraction of sp³-hybridized carbons (Fsp3) is 0.938. The van der Waals surface area contributed by atoms with Gasteiger partial charge < -0.3 is 20.5 Å². The first-order chi connectivity index (χ1) is 9.85. The van der Waals surface area contributed by atoms with Crippen LogP contribution in [0.4, 0.5) is 4.79 Å². The molecule has 0 heterocycles. The molecule has 0 radical (unpaired) electrons. The van der Waals surface area contributed by atoms with Crippen LogP contribution in [0.15, 0.2) is 0 Å². The molecule has 1 fully saturated rings. The van der Waals surface area contributed by atoms with Gasteiger partial charge in [0.15, 0.2) is 0 Å². The van der Waals surface area contributed by atoms with E-state index < -0.39 is 0 Å². The summed E-state index contributed by atoms with van der Waals surface area (Å²) in [7, 11) is 1.75. The second-order valence-electron chi connectivity index (χ2n) is 6.92. The maximum atomic E-state index is 12.1. The first kappa shape index (κ1) is 18.2. The molecular weight excluding hydrogens is 268 g/mol. The quantitative estimate of drug-likeness (QED) is 0.644. The van der Waals surface area contributed by atoms with Gasteiger partial charge in [0, 0.05) is 31.7 Å². The molecule has 5 nitrogen and oxygen atoms in total. The van der Waals surface area contributed by atoms with Crippen molar-refractivity contribution in [2.24, 2.45) is 10.8 Å². The number of aliphatic hydroxyl groups excluding tert-OH is 1. The highest BCUT2D eigenvalue weighted by Crippen LogP contribution is 2.48. The number of ether oxygens (including phenoxy) is 1. The minimum atomic E-state index is -0.119. The third-order valence-corrected chi connectivity index (χ3v) is 5.21. The van der Waals surface area contributed by atoms with Crippen LogP contribution in [0, 0.1) is 10.8 Å². The molecule has 0 aromatic carbocycles. The van der Waals surface area contributed by atoms with E-state index in [1.165, 1.54) is 0 Å². The van der Waals surface area contributed by atoms with Gasteiger partial charge in [-0.3, -0.25) is 0 Å². The van der Waals surface area contributed by atoms with Crippen LogP contribution >= 0.6 is 0 Å². The smallest absolute Gasteiger partial charge is 0.315 e. The predicted molar refractivity (Wildman–Crippen MR) is 84.2 cm³/mol. The molecule has 1 aliphatic carbocycles. The average molecular weight is 300 g/mol. The van der Waals surface area contributed by atoms with Gasteiger partial charge in [-0.05, 0) is 31.1 Å². The van der Waals surface area contributed by atoms with Crippen LogP contribution in [0.3, 0.4) is 0 Å². The van der Waals surface area contributed by atoms with Gasteiger partial charge >= 0.3 is 6.03 Å². The summed E-state index contributed by atoms with van der Waals surface area (Å²) < 4.78 is 5.54. The summed E-state index contributed by atoms with van der Waals surface area (Å²) in [4.78, 5) is 12.1. The van der Waals surface area contributed by atoms with Crippen molar-refractivity contribution < 1.29 is 14.6 Å². The second-order valence-corrected chi connectivity index (χ2v) is 6.92. The van der Waals surface area contributed by atoms with E-state index >= 15 is 0 Å². The molecule has 2 unspecified atom stereocenters. The molecule has 0 aromatic rings. The molecular formula is C16H32N2O3. The summed E-state index contributed by atoms with van der Waals surface area (Å²) in [6.07, 6.45) is 3.80. The zero-order valence-electron chi connectivity index (χ0n) is 14.2. The van der Waals surface area contributed by atoms with E-state index in [4.69, 9.17) is 9.84 Å². The maximum absolute atomic E-state index is 12.1. The van der Waals surface area contributed by atoms with E-state index in [1.54, 1.807) is 7.11 Å². The highest BCUT2D eigenvalue weighted by Gasteiger charge is 2.53. The molecule has 1 aliphatic rings. The number of aliphatic hydroxyl groups is 1. The average Bonchev–Trinajstić information content (AvgIpc) is 2.42. The third kappa shape index (κ3) is 4.10. The van der Waals surface area contributed by atoms with Crippen LogP contribution in [0.25, 0.3) is 0 Å². The Morgan fingerprint density at radius 2 is 2.00 bits per heavy atom. The minimum absolute atomic E-state index is 0.0622. The van der Waals surface area contributed by atoms with Crippen molar-refractivity contribution in [2.45, 2.75) is 65.5 Å². The molecule has 0 saturated heterocycles. The summed E-state index contributed by atoms with van der Waals surface area (Å²) in [5.41, 5.74) is -0.0277. The molecule has 21 heavy (non-hydrogen) atoms. The molecule has 0 aromatic heterocycles. The highest BCUT2D eigenvalue weighted by atomic mass is 16.5. The van der Waals surface area contributed by atoms with Crippen LogP contribution < -0.4 is 10.6 Å². The monoisotopic (exact) mass is 300 g/mol. The lowest BCUT2D eigenvalue weighted by molar-refractivity contribution is -0.119. The Kier molecular flexibility index (Phi) is 6.47. The van der Waals surface area contributed by atoms with Crippen LogP contribution in [0.2, 0.25) is 0 Å². The number of nitrogens with one attached hydrogen (secondary N) is 2. The Morgan fingerprint density at radius 3 is 2.48 bits per heavy atom. The topological polar surface area (TPSA) is 70.6 Å². The van der Waals surface area contributed by atoms with E-state index in [1.807, 2.05) is 13.8 Å². The van der Waals surface area contributed by atoms with Crippen molar-refractivity contribution in [2.75, 3.05) is 20.3 Å². The minimum Gasteiger partial charge on any atom is -0.396 e. The van der Waals surface area contributed by atoms with Crippen molar-refractivity contribution in [3.05, 3.63) is 0 Å². The number of rotatable bonds is 8. The Bertz CT molecular complexity index is 340. The molecule has 2 atom stereocenters. The zero-order chi connectivity index (χ0) is 16.1. The molecule has 124 valence electrons. The standard InChI is InChI=1S/C16H32N2O3/c1-6-16(7-2)12(10-13(16)21-5)18-14(20)17-11-15(3,4)8-9-19/h12-13,19H,6-11H2,1-5H3,(H2,17,18,20). The summed E-state index contributed by atoms with van der Waals surface area (Å²) in [6.45, 7) is 9.10.